The average molecular weight is 457 g/mol. The lowest BCUT2D eigenvalue weighted by molar-refractivity contribution is -0.143. The van der Waals surface area contributed by atoms with Crippen molar-refractivity contribution in [1.82, 2.24) is 10.3 Å². The van der Waals surface area contributed by atoms with Gasteiger partial charge in [0.25, 0.3) is 5.91 Å². The molecule has 1 aromatic heterocycles. The van der Waals surface area contributed by atoms with Crippen molar-refractivity contribution in [2.24, 2.45) is 0 Å². The second kappa shape index (κ2) is 11.1. The van der Waals surface area contributed by atoms with Crippen LogP contribution in [-0.2, 0) is 16.1 Å². The van der Waals surface area contributed by atoms with Crippen LogP contribution in [0.3, 0.4) is 0 Å². The van der Waals surface area contributed by atoms with Gasteiger partial charge in [-0.1, -0.05) is 0 Å². The number of methoxy groups -OCH3 is 2. The molecule has 0 aliphatic rings. The Morgan fingerprint density at radius 2 is 1.81 bits per heavy atom. The van der Waals surface area contributed by atoms with Gasteiger partial charge in [0.1, 0.15) is 23.9 Å². The first kappa shape index (κ1) is 23.1. The molecule has 168 valence electrons. The summed E-state index contributed by atoms with van der Waals surface area (Å²) in [5.74, 6) is 1.02. The molecule has 32 heavy (non-hydrogen) atoms. The predicted molar refractivity (Wildman–Crippen MR) is 120 cm³/mol. The van der Waals surface area contributed by atoms with Crippen molar-refractivity contribution in [3.8, 4) is 27.8 Å². The highest BCUT2D eigenvalue weighted by atomic mass is 32.1. The molecule has 3 rings (SSSR count). The molecule has 1 N–H and O–H groups in total. The van der Waals surface area contributed by atoms with Gasteiger partial charge >= 0.3 is 5.97 Å². The summed E-state index contributed by atoms with van der Waals surface area (Å²) in [6.07, 6.45) is 0. The minimum atomic E-state index is -0.552. The van der Waals surface area contributed by atoms with Gasteiger partial charge in [-0.15, -0.1) is 11.3 Å². The number of carbonyl (C=O) groups is 2. The number of carbonyl (C=O) groups excluding carboxylic acids is 2. The minimum absolute atomic E-state index is 0.0158. The molecule has 2 aromatic carbocycles. The summed E-state index contributed by atoms with van der Waals surface area (Å²) in [6, 6.07) is 12.2. The predicted octanol–water partition coefficient (Wildman–Crippen LogP) is 3.70. The van der Waals surface area contributed by atoms with Crippen LogP contribution in [0.25, 0.3) is 10.6 Å². The standard InChI is InChI=1S/C23H24N2O6S/c1-4-30-19-10-7-16(11-20(19)29-3)23-25-17(14-32-23)13-31-21(26)12-24-22(27)15-5-8-18(28-2)9-6-15/h5-11,14H,4,12-13H2,1-3H3,(H,24,27). The van der Waals surface area contributed by atoms with Crippen molar-refractivity contribution < 1.29 is 28.5 Å². The third kappa shape index (κ3) is 5.98. The van der Waals surface area contributed by atoms with Crippen LogP contribution in [-0.4, -0.2) is 44.2 Å². The number of hydrogen-bond donors (Lipinski definition) is 1. The molecule has 3 aromatic rings. The molecule has 0 spiro atoms. The lowest BCUT2D eigenvalue weighted by atomic mass is 10.2. The van der Waals surface area contributed by atoms with E-state index in [2.05, 4.69) is 10.3 Å². The number of benzene rings is 2. The lowest BCUT2D eigenvalue weighted by Gasteiger charge is -2.10. The zero-order valence-corrected chi connectivity index (χ0v) is 18.9. The van der Waals surface area contributed by atoms with Crippen molar-refractivity contribution >= 4 is 23.2 Å². The Labute approximate surface area is 190 Å². The van der Waals surface area contributed by atoms with Crippen molar-refractivity contribution in [3.05, 3.63) is 59.1 Å². The van der Waals surface area contributed by atoms with Crippen molar-refractivity contribution in [2.75, 3.05) is 27.4 Å². The minimum Gasteiger partial charge on any atom is -0.497 e. The van der Waals surface area contributed by atoms with Gasteiger partial charge in [0, 0.05) is 16.5 Å². The highest BCUT2D eigenvalue weighted by Crippen LogP contribution is 2.33. The Hall–Kier alpha value is -3.59. The summed E-state index contributed by atoms with van der Waals surface area (Å²) in [7, 11) is 3.13. The first-order valence-corrected chi connectivity index (χ1v) is 10.8. The molecule has 0 fully saturated rings. The lowest BCUT2D eigenvalue weighted by Crippen LogP contribution is -2.30. The van der Waals surface area contributed by atoms with Gasteiger partial charge in [-0.25, -0.2) is 4.98 Å². The largest absolute Gasteiger partial charge is 0.497 e. The monoisotopic (exact) mass is 456 g/mol. The zero-order chi connectivity index (χ0) is 22.9. The van der Waals surface area contributed by atoms with E-state index in [1.807, 2.05) is 30.5 Å². The Morgan fingerprint density at radius 1 is 1.03 bits per heavy atom. The fourth-order valence-electron chi connectivity index (χ4n) is 2.78. The molecule has 9 heteroatoms. The number of aromatic nitrogens is 1. The quantitative estimate of drug-likeness (QED) is 0.465. The van der Waals surface area contributed by atoms with Crippen LogP contribution < -0.4 is 19.5 Å². The van der Waals surface area contributed by atoms with Crippen LogP contribution in [0.2, 0.25) is 0 Å². The summed E-state index contributed by atoms with van der Waals surface area (Å²) in [5.41, 5.74) is 1.92. The third-order valence-corrected chi connectivity index (χ3v) is 5.33. The number of ether oxygens (including phenoxy) is 4. The van der Waals surface area contributed by atoms with Crippen molar-refractivity contribution in [2.45, 2.75) is 13.5 Å². The maximum absolute atomic E-state index is 12.1. The Balaban J connectivity index is 1.51. The average Bonchev–Trinajstić information content (AvgIpc) is 3.30. The molecule has 0 bridgehead atoms. The second-order valence-corrected chi connectivity index (χ2v) is 7.37. The van der Waals surface area contributed by atoms with E-state index in [0.717, 1.165) is 10.6 Å². The fourth-order valence-corrected chi connectivity index (χ4v) is 3.59. The van der Waals surface area contributed by atoms with Gasteiger partial charge in [-0.3, -0.25) is 9.59 Å². The molecular weight excluding hydrogens is 432 g/mol. The van der Waals surface area contributed by atoms with E-state index in [0.29, 0.717) is 35.1 Å². The van der Waals surface area contributed by atoms with E-state index in [1.165, 1.54) is 11.3 Å². The van der Waals surface area contributed by atoms with Crippen LogP contribution in [0, 0.1) is 0 Å². The summed E-state index contributed by atoms with van der Waals surface area (Å²) < 4.78 is 21.2. The summed E-state index contributed by atoms with van der Waals surface area (Å²) >= 11 is 1.43. The number of amides is 1. The second-order valence-electron chi connectivity index (χ2n) is 6.51. The molecule has 0 aliphatic carbocycles. The molecule has 0 saturated heterocycles. The maximum atomic E-state index is 12.1. The van der Waals surface area contributed by atoms with E-state index in [4.69, 9.17) is 18.9 Å². The fraction of sp³-hybridized carbons (Fsp3) is 0.261. The molecule has 0 unspecified atom stereocenters. The SMILES string of the molecule is CCOc1ccc(-c2nc(COC(=O)CNC(=O)c3ccc(OC)cc3)cs2)cc1OC. The van der Waals surface area contributed by atoms with Crippen LogP contribution in [0.4, 0.5) is 0 Å². The number of thiazole rings is 1. The summed E-state index contributed by atoms with van der Waals surface area (Å²) in [5, 5.41) is 5.12. The highest BCUT2D eigenvalue weighted by Gasteiger charge is 2.12. The van der Waals surface area contributed by atoms with Crippen molar-refractivity contribution in [3.63, 3.8) is 0 Å². The molecule has 1 heterocycles. The number of hydrogen-bond acceptors (Lipinski definition) is 8. The molecule has 0 aliphatic heterocycles. The summed E-state index contributed by atoms with van der Waals surface area (Å²) in [4.78, 5) is 28.6. The van der Waals surface area contributed by atoms with Gasteiger partial charge < -0.3 is 24.3 Å². The van der Waals surface area contributed by atoms with Gasteiger partial charge in [0.15, 0.2) is 11.5 Å². The van der Waals surface area contributed by atoms with Gasteiger partial charge in [0.05, 0.1) is 26.5 Å². The van der Waals surface area contributed by atoms with Crippen LogP contribution in [0.1, 0.15) is 23.0 Å². The van der Waals surface area contributed by atoms with Gasteiger partial charge in [-0.05, 0) is 49.4 Å². The first-order valence-electron chi connectivity index (χ1n) is 9.87. The molecular formula is C23H24N2O6S. The number of esters is 1. The van der Waals surface area contributed by atoms with Crippen LogP contribution in [0.5, 0.6) is 17.2 Å². The Morgan fingerprint density at radius 3 is 2.50 bits per heavy atom. The number of nitrogens with one attached hydrogen (secondary N) is 1. The molecule has 0 radical (unpaired) electrons. The number of rotatable bonds is 10. The molecule has 0 saturated carbocycles. The highest BCUT2D eigenvalue weighted by molar-refractivity contribution is 7.13. The van der Waals surface area contributed by atoms with E-state index in [1.54, 1.807) is 38.5 Å². The van der Waals surface area contributed by atoms with Crippen LogP contribution >= 0.6 is 11.3 Å². The maximum Gasteiger partial charge on any atom is 0.325 e. The van der Waals surface area contributed by atoms with Crippen molar-refractivity contribution in [1.29, 1.82) is 0 Å². The van der Waals surface area contributed by atoms with E-state index in [-0.39, 0.29) is 19.1 Å². The normalized spacial score (nSPS) is 10.3. The van der Waals surface area contributed by atoms with Crippen LogP contribution in [0.15, 0.2) is 47.8 Å². The first-order chi connectivity index (χ1) is 15.5. The van der Waals surface area contributed by atoms with Gasteiger partial charge in [0.2, 0.25) is 0 Å². The number of nitrogens with zero attached hydrogens (tertiary/aromatic N) is 1. The topological polar surface area (TPSA) is 96.0 Å². The van der Waals surface area contributed by atoms with Gasteiger partial charge in [-0.2, -0.15) is 0 Å². The molecule has 1 amide bonds. The Kier molecular flexibility index (Phi) is 8.04. The molecule has 0 atom stereocenters. The zero-order valence-electron chi connectivity index (χ0n) is 18.0. The molecule has 8 nitrogen and oxygen atoms in total. The smallest absolute Gasteiger partial charge is 0.325 e. The third-order valence-electron chi connectivity index (χ3n) is 4.39. The van der Waals surface area contributed by atoms with E-state index in [9.17, 15) is 9.59 Å². The summed E-state index contributed by atoms with van der Waals surface area (Å²) in [6.45, 7) is 2.23. The van der Waals surface area contributed by atoms with E-state index < -0.39 is 5.97 Å². The Bertz CT molecular complexity index is 1060. The van der Waals surface area contributed by atoms with E-state index >= 15 is 0 Å².